The monoisotopic (exact) mass is 414 g/mol. The maximum atomic E-state index is 10.7. The van der Waals surface area contributed by atoms with Crippen molar-refractivity contribution in [3.63, 3.8) is 0 Å². The van der Waals surface area contributed by atoms with Crippen LogP contribution in [-0.2, 0) is 0 Å². The Labute approximate surface area is 187 Å². The predicted molar refractivity (Wildman–Crippen MR) is 128 cm³/mol. The summed E-state index contributed by atoms with van der Waals surface area (Å²) in [5, 5.41) is 10.7. The molecular formula is C29H50O. The first kappa shape index (κ1) is 22.9. The third kappa shape index (κ3) is 3.45. The van der Waals surface area contributed by atoms with Crippen LogP contribution in [0.2, 0.25) is 0 Å². The second kappa shape index (κ2) is 7.93. The van der Waals surface area contributed by atoms with Gasteiger partial charge in [-0.05, 0) is 91.3 Å². The van der Waals surface area contributed by atoms with E-state index >= 15 is 0 Å². The average Bonchev–Trinajstić information content (AvgIpc) is 3.02. The molecule has 0 aromatic carbocycles. The fourth-order valence-electron chi connectivity index (χ4n) is 9.41. The van der Waals surface area contributed by atoms with Crippen LogP contribution in [0.3, 0.4) is 0 Å². The van der Waals surface area contributed by atoms with E-state index < -0.39 is 0 Å². The van der Waals surface area contributed by atoms with E-state index in [4.69, 9.17) is 0 Å². The minimum absolute atomic E-state index is 0.0398. The van der Waals surface area contributed by atoms with Crippen LogP contribution >= 0.6 is 0 Å². The third-order valence-electron chi connectivity index (χ3n) is 11.1. The largest absolute Gasteiger partial charge is 0.392 e. The highest BCUT2D eigenvalue weighted by atomic mass is 16.3. The first-order valence-electron chi connectivity index (χ1n) is 13.4. The van der Waals surface area contributed by atoms with Gasteiger partial charge in [0.25, 0.3) is 0 Å². The maximum Gasteiger partial charge on any atom is 0.0628 e. The molecule has 1 N–H and O–H groups in total. The van der Waals surface area contributed by atoms with Crippen molar-refractivity contribution < 1.29 is 5.11 Å². The average molecular weight is 415 g/mol. The van der Waals surface area contributed by atoms with Gasteiger partial charge in [0.1, 0.15) is 0 Å². The van der Waals surface area contributed by atoms with E-state index in [1.165, 1.54) is 57.8 Å². The second-order valence-corrected chi connectivity index (χ2v) is 13.5. The molecule has 8 atom stereocenters. The van der Waals surface area contributed by atoms with E-state index in [0.29, 0.717) is 10.8 Å². The number of aliphatic hydroxyl groups excluding tert-OH is 1. The van der Waals surface area contributed by atoms with Crippen molar-refractivity contribution in [2.75, 3.05) is 0 Å². The number of hydrogen-bond donors (Lipinski definition) is 1. The van der Waals surface area contributed by atoms with Gasteiger partial charge in [0.2, 0.25) is 0 Å². The van der Waals surface area contributed by atoms with Crippen LogP contribution in [0.4, 0.5) is 0 Å². The lowest BCUT2D eigenvalue weighted by Gasteiger charge is -2.61. The summed E-state index contributed by atoms with van der Waals surface area (Å²) in [5.74, 6) is 5.34. The Kier molecular flexibility index (Phi) is 6.05. The van der Waals surface area contributed by atoms with Crippen LogP contribution in [0.5, 0.6) is 0 Å². The minimum atomic E-state index is -0.162. The highest BCUT2D eigenvalue weighted by molar-refractivity contribution is 5.31. The Morgan fingerprint density at radius 3 is 2.37 bits per heavy atom. The molecule has 0 unspecified atom stereocenters. The van der Waals surface area contributed by atoms with Gasteiger partial charge in [0.05, 0.1) is 6.10 Å². The van der Waals surface area contributed by atoms with E-state index in [1.54, 1.807) is 5.57 Å². The van der Waals surface area contributed by atoms with Gasteiger partial charge in [-0.25, -0.2) is 0 Å². The molecule has 0 radical (unpaired) electrons. The summed E-state index contributed by atoms with van der Waals surface area (Å²) in [6.45, 7) is 17.2. The van der Waals surface area contributed by atoms with Crippen LogP contribution < -0.4 is 0 Å². The second-order valence-electron chi connectivity index (χ2n) is 13.5. The summed E-state index contributed by atoms with van der Waals surface area (Å²) in [6.07, 6.45) is 16.0. The normalized spacial score (nSPS) is 46.0. The van der Waals surface area contributed by atoms with Crippen molar-refractivity contribution >= 4 is 0 Å². The molecule has 30 heavy (non-hydrogen) atoms. The summed E-state index contributed by atoms with van der Waals surface area (Å²) in [7, 11) is 0. The van der Waals surface area contributed by atoms with Crippen molar-refractivity contribution in [3.05, 3.63) is 11.6 Å². The summed E-state index contributed by atoms with van der Waals surface area (Å²) >= 11 is 0. The molecule has 1 heteroatoms. The van der Waals surface area contributed by atoms with Crippen molar-refractivity contribution in [3.8, 4) is 0 Å². The predicted octanol–water partition coefficient (Wildman–Crippen LogP) is 8.02. The van der Waals surface area contributed by atoms with Gasteiger partial charge in [-0.3, -0.25) is 0 Å². The molecule has 0 aromatic heterocycles. The number of aliphatic hydroxyl groups is 1. The molecule has 4 aliphatic carbocycles. The van der Waals surface area contributed by atoms with Crippen molar-refractivity contribution in [1.82, 2.24) is 0 Å². The SMILES string of the molecule is CC(C)CCC[C@@H](C)[C@H]1CC[C@H]2[C@@H]3CC=C4C(C)(C)[C@@H](O)CC[C@]4(C)[C@H]3CC[C@]12C. The zero-order valence-corrected chi connectivity index (χ0v) is 21.1. The molecule has 0 heterocycles. The van der Waals surface area contributed by atoms with Gasteiger partial charge in [0, 0.05) is 5.41 Å². The van der Waals surface area contributed by atoms with Crippen LogP contribution in [-0.4, -0.2) is 11.2 Å². The summed E-state index contributed by atoms with van der Waals surface area (Å²) in [6, 6.07) is 0. The summed E-state index contributed by atoms with van der Waals surface area (Å²) in [5.41, 5.74) is 2.47. The van der Waals surface area contributed by atoms with E-state index in [1.807, 2.05) is 0 Å². The molecular weight excluding hydrogens is 364 g/mol. The van der Waals surface area contributed by atoms with Crippen LogP contribution in [0.15, 0.2) is 11.6 Å². The van der Waals surface area contributed by atoms with Crippen LogP contribution in [0.25, 0.3) is 0 Å². The van der Waals surface area contributed by atoms with E-state index in [0.717, 1.165) is 41.9 Å². The van der Waals surface area contributed by atoms with Crippen LogP contribution in [0.1, 0.15) is 113 Å². The topological polar surface area (TPSA) is 20.2 Å². The first-order chi connectivity index (χ1) is 14.0. The summed E-state index contributed by atoms with van der Waals surface area (Å²) in [4.78, 5) is 0. The lowest BCUT2D eigenvalue weighted by Crippen LogP contribution is -2.54. The molecule has 0 aliphatic heterocycles. The van der Waals surface area contributed by atoms with E-state index in [2.05, 4.69) is 54.5 Å². The highest BCUT2D eigenvalue weighted by Crippen LogP contribution is 2.68. The quantitative estimate of drug-likeness (QED) is 0.451. The zero-order valence-electron chi connectivity index (χ0n) is 21.1. The molecule has 0 aromatic rings. The van der Waals surface area contributed by atoms with Crippen LogP contribution in [0, 0.1) is 51.8 Å². The fraction of sp³-hybridized carbons (Fsp3) is 0.931. The smallest absolute Gasteiger partial charge is 0.0628 e. The first-order valence-corrected chi connectivity index (χ1v) is 13.4. The van der Waals surface area contributed by atoms with Crippen molar-refractivity contribution in [1.29, 1.82) is 0 Å². The molecule has 1 nitrogen and oxygen atoms in total. The lowest BCUT2D eigenvalue weighted by molar-refractivity contribution is -0.0782. The molecule has 0 bridgehead atoms. The standard InChI is InChI=1S/C29H50O/c1-19(2)9-8-10-20(3)22-12-13-23-21-11-14-25-27(4,5)26(30)16-18-29(25,7)24(21)15-17-28(22,23)6/h14,19-24,26,30H,8-13,15-18H2,1-7H3/t20-,21+,22-,23+,24+,26+,28-,29-/m1/s1. The van der Waals surface area contributed by atoms with Gasteiger partial charge in [0.15, 0.2) is 0 Å². The van der Waals surface area contributed by atoms with Gasteiger partial charge in [-0.2, -0.15) is 0 Å². The number of hydrogen-bond acceptors (Lipinski definition) is 1. The Bertz CT molecular complexity index is 659. The Morgan fingerprint density at radius 1 is 0.933 bits per heavy atom. The Hall–Kier alpha value is -0.300. The van der Waals surface area contributed by atoms with Gasteiger partial charge in [-0.15, -0.1) is 0 Å². The molecule has 4 rings (SSSR count). The van der Waals surface area contributed by atoms with Gasteiger partial charge >= 0.3 is 0 Å². The maximum absolute atomic E-state index is 10.7. The van der Waals surface area contributed by atoms with Gasteiger partial charge < -0.3 is 5.11 Å². The molecule has 0 saturated heterocycles. The van der Waals surface area contributed by atoms with Crippen molar-refractivity contribution in [2.24, 2.45) is 51.8 Å². The Balaban J connectivity index is 1.54. The highest BCUT2D eigenvalue weighted by Gasteiger charge is 2.61. The molecule has 3 saturated carbocycles. The lowest BCUT2D eigenvalue weighted by atomic mass is 9.44. The molecule has 4 aliphatic rings. The third-order valence-corrected chi connectivity index (χ3v) is 11.1. The molecule has 0 amide bonds. The summed E-state index contributed by atoms with van der Waals surface area (Å²) < 4.78 is 0. The molecule has 3 fully saturated rings. The zero-order chi connectivity index (χ0) is 21.9. The van der Waals surface area contributed by atoms with E-state index in [-0.39, 0.29) is 11.5 Å². The minimum Gasteiger partial charge on any atom is -0.392 e. The molecule has 0 spiro atoms. The Morgan fingerprint density at radius 2 is 1.67 bits per heavy atom. The fourth-order valence-corrected chi connectivity index (χ4v) is 9.41. The number of rotatable bonds is 5. The van der Waals surface area contributed by atoms with E-state index in [9.17, 15) is 5.11 Å². The van der Waals surface area contributed by atoms with Crippen molar-refractivity contribution in [2.45, 2.75) is 119 Å². The number of allylic oxidation sites excluding steroid dienone is 1. The number of fused-ring (bicyclic) bond motifs is 5. The van der Waals surface area contributed by atoms with Gasteiger partial charge in [-0.1, -0.05) is 79.4 Å². The molecule has 172 valence electrons.